The van der Waals surface area contributed by atoms with Crippen LogP contribution in [-0.4, -0.2) is 37.7 Å². The summed E-state index contributed by atoms with van der Waals surface area (Å²) in [6, 6.07) is 0.756. The van der Waals surface area contributed by atoms with Crippen LogP contribution >= 0.6 is 0 Å². The van der Waals surface area contributed by atoms with Crippen LogP contribution in [0.1, 0.15) is 26.7 Å². The number of likely N-dealkylation sites (tertiary alicyclic amines) is 1. The van der Waals surface area contributed by atoms with Crippen LogP contribution in [-0.2, 0) is 4.74 Å². The molecule has 0 spiro atoms. The van der Waals surface area contributed by atoms with Crippen molar-refractivity contribution < 1.29 is 4.74 Å². The quantitative estimate of drug-likeness (QED) is 0.639. The van der Waals surface area contributed by atoms with E-state index in [1.807, 2.05) is 0 Å². The molecule has 1 aliphatic rings. The highest BCUT2D eigenvalue weighted by atomic mass is 16.5. The Morgan fingerprint density at radius 3 is 2.92 bits per heavy atom. The molecule has 12 heavy (non-hydrogen) atoms. The second kappa shape index (κ2) is 4.83. The van der Waals surface area contributed by atoms with E-state index in [0.29, 0.717) is 0 Å². The minimum Gasteiger partial charge on any atom is -0.384 e. The summed E-state index contributed by atoms with van der Waals surface area (Å²) in [7, 11) is 1.80. The first-order valence-electron chi connectivity index (χ1n) is 5.01. The van der Waals surface area contributed by atoms with E-state index >= 15 is 0 Å². The summed E-state index contributed by atoms with van der Waals surface area (Å²) in [4.78, 5) is 2.57. The van der Waals surface area contributed by atoms with Crippen molar-refractivity contribution in [1.29, 1.82) is 0 Å². The standard InChI is InChI=1S/C10H21NO/c1-4-9(2)11-6-5-10(7-11)8-12-3/h9-10H,4-8H2,1-3H3. The monoisotopic (exact) mass is 171 g/mol. The van der Waals surface area contributed by atoms with Gasteiger partial charge in [0.15, 0.2) is 0 Å². The fourth-order valence-corrected chi connectivity index (χ4v) is 1.89. The molecule has 0 saturated carbocycles. The third kappa shape index (κ3) is 2.46. The lowest BCUT2D eigenvalue weighted by molar-refractivity contribution is 0.148. The Morgan fingerprint density at radius 1 is 1.58 bits per heavy atom. The molecule has 0 bridgehead atoms. The number of hydrogen-bond acceptors (Lipinski definition) is 2. The second-order valence-corrected chi connectivity index (χ2v) is 3.86. The van der Waals surface area contributed by atoms with Crippen LogP contribution in [0.3, 0.4) is 0 Å². The van der Waals surface area contributed by atoms with Gasteiger partial charge in [0.2, 0.25) is 0 Å². The van der Waals surface area contributed by atoms with Crippen molar-refractivity contribution in [2.45, 2.75) is 32.7 Å². The lowest BCUT2D eigenvalue weighted by Gasteiger charge is -2.22. The third-order valence-corrected chi connectivity index (χ3v) is 2.93. The Hall–Kier alpha value is -0.0800. The topological polar surface area (TPSA) is 12.5 Å². The molecule has 0 aromatic heterocycles. The zero-order valence-corrected chi connectivity index (χ0v) is 8.55. The zero-order valence-electron chi connectivity index (χ0n) is 8.55. The van der Waals surface area contributed by atoms with E-state index in [-0.39, 0.29) is 0 Å². The van der Waals surface area contributed by atoms with Crippen molar-refractivity contribution in [3.63, 3.8) is 0 Å². The predicted octanol–water partition coefficient (Wildman–Crippen LogP) is 1.75. The van der Waals surface area contributed by atoms with E-state index in [2.05, 4.69) is 18.7 Å². The van der Waals surface area contributed by atoms with Gasteiger partial charge in [-0.05, 0) is 32.2 Å². The molecule has 1 aliphatic heterocycles. The number of methoxy groups -OCH3 is 1. The molecule has 0 aromatic carbocycles. The van der Waals surface area contributed by atoms with Gasteiger partial charge in [-0.15, -0.1) is 0 Å². The molecule has 1 saturated heterocycles. The maximum absolute atomic E-state index is 5.16. The van der Waals surface area contributed by atoms with Gasteiger partial charge in [0.25, 0.3) is 0 Å². The highest BCUT2D eigenvalue weighted by Gasteiger charge is 2.24. The molecule has 2 atom stereocenters. The molecular formula is C10H21NO. The second-order valence-electron chi connectivity index (χ2n) is 3.86. The Kier molecular flexibility index (Phi) is 4.02. The average Bonchev–Trinajstić information content (AvgIpc) is 2.52. The number of hydrogen-bond donors (Lipinski definition) is 0. The van der Waals surface area contributed by atoms with Gasteiger partial charge in [0, 0.05) is 19.7 Å². The number of rotatable bonds is 4. The predicted molar refractivity (Wildman–Crippen MR) is 51.3 cm³/mol. The maximum Gasteiger partial charge on any atom is 0.0503 e. The van der Waals surface area contributed by atoms with Crippen molar-refractivity contribution in [2.24, 2.45) is 5.92 Å². The first-order valence-corrected chi connectivity index (χ1v) is 5.01. The molecule has 0 aliphatic carbocycles. The van der Waals surface area contributed by atoms with Crippen molar-refractivity contribution in [2.75, 3.05) is 26.8 Å². The highest BCUT2D eigenvalue weighted by Crippen LogP contribution is 2.19. The lowest BCUT2D eigenvalue weighted by Crippen LogP contribution is -2.30. The molecule has 1 heterocycles. The van der Waals surface area contributed by atoms with E-state index < -0.39 is 0 Å². The van der Waals surface area contributed by atoms with Gasteiger partial charge in [-0.3, -0.25) is 0 Å². The van der Waals surface area contributed by atoms with Crippen LogP contribution in [0, 0.1) is 5.92 Å². The largest absolute Gasteiger partial charge is 0.384 e. The number of nitrogens with zero attached hydrogens (tertiary/aromatic N) is 1. The van der Waals surface area contributed by atoms with E-state index in [0.717, 1.165) is 18.6 Å². The molecule has 2 nitrogen and oxygen atoms in total. The van der Waals surface area contributed by atoms with E-state index in [9.17, 15) is 0 Å². The van der Waals surface area contributed by atoms with Crippen LogP contribution in [0.4, 0.5) is 0 Å². The summed E-state index contributed by atoms with van der Waals surface area (Å²) < 4.78 is 5.16. The summed E-state index contributed by atoms with van der Waals surface area (Å²) >= 11 is 0. The van der Waals surface area contributed by atoms with Crippen LogP contribution in [0.5, 0.6) is 0 Å². The van der Waals surface area contributed by atoms with E-state index in [4.69, 9.17) is 4.74 Å². The Balaban J connectivity index is 2.25. The minimum absolute atomic E-state index is 0.756. The Labute approximate surface area is 75.9 Å². The normalized spacial score (nSPS) is 27.8. The number of ether oxygens (including phenoxy) is 1. The molecule has 0 aromatic rings. The van der Waals surface area contributed by atoms with Crippen LogP contribution < -0.4 is 0 Å². The molecule has 2 heteroatoms. The molecule has 1 fully saturated rings. The van der Waals surface area contributed by atoms with Gasteiger partial charge in [-0.1, -0.05) is 6.92 Å². The van der Waals surface area contributed by atoms with Crippen LogP contribution in [0.2, 0.25) is 0 Å². The molecule has 0 radical (unpaired) electrons. The van der Waals surface area contributed by atoms with Gasteiger partial charge in [0.05, 0.1) is 6.61 Å². The van der Waals surface area contributed by atoms with Crippen molar-refractivity contribution in [3.8, 4) is 0 Å². The summed E-state index contributed by atoms with van der Waals surface area (Å²) in [5, 5.41) is 0. The van der Waals surface area contributed by atoms with Crippen molar-refractivity contribution in [3.05, 3.63) is 0 Å². The van der Waals surface area contributed by atoms with Gasteiger partial charge >= 0.3 is 0 Å². The lowest BCUT2D eigenvalue weighted by atomic mass is 10.1. The molecule has 0 amide bonds. The summed E-state index contributed by atoms with van der Waals surface area (Å²) in [5.41, 5.74) is 0. The smallest absolute Gasteiger partial charge is 0.0503 e. The van der Waals surface area contributed by atoms with Crippen LogP contribution in [0.25, 0.3) is 0 Å². The molecule has 72 valence electrons. The summed E-state index contributed by atoms with van der Waals surface area (Å²) in [6.45, 7) is 8.02. The first-order chi connectivity index (χ1) is 5.77. The van der Waals surface area contributed by atoms with Crippen LogP contribution in [0.15, 0.2) is 0 Å². The molecule has 1 rings (SSSR count). The van der Waals surface area contributed by atoms with Crippen molar-refractivity contribution >= 4 is 0 Å². The Morgan fingerprint density at radius 2 is 2.33 bits per heavy atom. The first kappa shape index (κ1) is 10.0. The van der Waals surface area contributed by atoms with E-state index in [1.165, 1.54) is 25.9 Å². The Bertz CT molecular complexity index is 127. The van der Waals surface area contributed by atoms with Gasteiger partial charge in [-0.2, -0.15) is 0 Å². The summed E-state index contributed by atoms with van der Waals surface area (Å²) in [5.74, 6) is 0.781. The summed E-state index contributed by atoms with van der Waals surface area (Å²) in [6.07, 6.45) is 2.58. The highest BCUT2D eigenvalue weighted by molar-refractivity contribution is 4.78. The maximum atomic E-state index is 5.16. The fraction of sp³-hybridized carbons (Fsp3) is 1.00. The fourth-order valence-electron chi connectivity index (χ4n) is 1.89. The SMILES string of the molecule is CCC(C)N1CCC(COC)C1. The van der Waals surface area contributed by atoms with E-state index in [1.54, 1.807) is 7.11 Å². The zero-order chi connectivity index (χ0) is 8.97. The molecular weight excluding hydrogens is 150 g/mol. The third-order valence-electron chi connectivity index (χ3n) is 2.93. The molecule has 2 unspecified atom stereocenters. The minimum atomic E-state index is 0.756. The average molecular weight is 171 g/mol. The van der Waals surface area contributed by atoms with Gasteiger partial charge in [0.1, 0.15) is 0 Å². The molecule has 0 N–H and O–H groups in total. The van der Waals surface area contributed by atoms with Gasteiger partial charge < -0.3 is 9.64 Å². The van der Waals surface area contributed by atoms with Gasteiger partial charge in [-0.25, -0.2) is 0 Å². The van der Waals surface area contributed by atoms with Crippen molar-refractivity contribution in [1.82, 2.24) is 4.90 Å².